The molecule has 4 rings (SSSR count). The highest BCUT2D eigenvalue weighted by molar-refractivity contribution is 7.99. The fraction of sp³-hybridized carbons (Fsp3) is 0.391. The van der Waals surface area contributed by atoms with Crippen molar-refractivity contribution in [2.75, 3.05) is 11.1 Å². The highest BCUT2D eigenvalue weighted by atomic mass is 35.5. The number of hydrogen-bond donors (Lipinski definition) is 1. The zero-order chi connectivity index (χ0) is 23.4. The number of nitrogens with one attached hydrogen (secondary N) is 1. The smallest absolute Gasteiger partial charge is 0.235 e. The van der Waals surface area contributed by atoms with Crippen LogP contribution in [0.3, 0.4) is 0 Å². The number of ether oxygens (including phenoxy) is 1. The van der Waals surface area contributed by atoms with Crippen molar-refractivity contribution in [1.82, 2.24) is 14.8 Å². The van der Waals surface area contributed by atoms with E-state index in [9.17, 15) is 10.1 Å². The van der Waals surface area contributed by atoms with Crippen LogP contribution >= 0.6 is 34.7 Å². The molecule has 1 aromatic carbocycles. The van der Waals surface area contributed by atoms with Gasteiger partial charge in [0.2, 0.25) is 5.91 Å². The van der Waals surface area contributed by atoms with Gasteiger partial charge in [-0.2, -0.15) is 5.26 Å². The Morgan fingerprint density at radius 2 is 2.15 bits per heavy atom. The number of aromatic nitrogens is 3. The molecule has 33 heavy (non-hydrogen) atoms. The first kappa shape index (κ1) is 23.6. The fourth-order valence-corrected chi connectivity index (χ4v) is 6.10. The molecule has 0 spiro atoms. The second-order valence-corrected chi connectivity index (χ2v) is 10.1. The second-order valence-electron chi connectivity index (χ2n) is 7.64. The van der Waals surface area contributed by atoms with Crippen LogP contribution < -0.4 is 10.1 Å². The number of nitriles is 1. The monoisotopic (exact) mass is 501 g/mol. The first-order valence-electron chi connectivity index (χ1n) is 10.8. The third-order valence-corrected chi connectivity index (χ3v) is 7.92. The summed E-state index contributed by atoms with van der Waals surface area (Å²) in [6.07, 6.45) is 3.76. The lowest BCUT2D eigenvalue weighted by atomic mass is 9.96. The van der Waals surface area contributed by atoms with E-state index in [2.05, 4.69) is 21.6 Å². The number of thioether (sulfide) groups is 1. The third-order valence-electron chi connectivity index (χ3n) is 5.43. The van der Waals surface area contributed by atoms with Crippen LogP contribution in [0, 0.1) is 11.3 Å². The summed E-state index contributed by atoms with van der Waals surface area (Å²) in [7, 11) is 0. The summed E-state index contributed by atoms with van der Waals surface area (Å²) in [4.78, 5) is 13.9. The highest BCUT2D eigenvalue weighted by Crippen LogP contribution is 2.37. The van der Waals surface area contributed by atoms with E-state index in [0.29, 0.717) is 38.9 Å². The maximum atomic E-state index is 12.7. The second kappa shape index (κ2) is 10.6. The molecule has 0 radical (unpaired) electrons. The Hall–Kier alpha value is -2.54. The number of amides is 1. The minimum Gasteiger partial charge on any atom is -0.481 e. The normalized spacial score (nSPS) is 13.8. The number of halogens is 1. The molecule has 1 N–H and O–H groups in total. The highest BCUT2D eigenvalue weighted by Gasteiger charge is 2.23. The molecule has 1 amide bonds. The average molecular weight is 502 g/mol. The predicted octanol–water partition coefficient (Wildman–Crippen LogP) is 5.63. The quantitative estimate of drug-likeness (QED) is 0.402. The van der Waals surface area contributed by atoms with E-state index < -0.39 is 0 Å². The number of aryl methyl sites for hydroxylation is 1. The molecule has 7 nitrogen and oxygen atoms in total. The Kier molecular flexibility index (Phi) is 7.58. The molecule has 10 heteroatoms. The SMILES string of the molecule is CCn1c(SCC(=O)Nc2sc3c(c2C#N)CCCC3)nnc1C(C)Oc1ccccc1Cl. The van der Waals surface area contributed by atoms with E-state index in [1.807, 2.05) is 36.6 Å². The molecule has 0 saturated heterocycles. The Bertz CT molecular complexity index is 1200. The summed E-state index contributed by atoms with van der Waals surface area (Å²) in [5.74, 6) is 1.25. The van der Waals surface area contributed by atoms with E-state index in [-0.39, 0.29) is 17.8 Å². The topological polar surface area (TPSA) is 92.8 Å². The van der Waals surface area contributed by atoms with E-state index in [1.54, 1.807) is 6.07 Å². The van der Waals surface area contributed by atoms with E-state index >= 15 is 0 Å². The van der Waals surface area contributed by atoms with Gasteiger partial charge in [-0.25, -0.2) is 0 Å². The number of para-hydroxylation sites is 1. The number of fused-ring (bicyclic) bond motifs is 1. The van der Waals surface area contributed by atoms with Gasteiger partial charge in [0.1, 0.15) is 16.8 Å². The molecule has 2 aromatic heterocycles. The number of thiophene rings is 1. The zero-order valence-corrected chi connectivity index (χ0v) is 20.8. The van der Waals surface area contributed by atoms with E-state index in [0.717, 1.165) is 31.2 Å². The Morgan fingerprint density at radius 1 is 1.36 bits per heavy atom. The van der Waals surface area contributed by atoms with Crippen molar-refractivity contribution in [2.24, 2.45) is 0 Å². The van der Waals surface area contributed by atoms with Gasteiger partial charge in [0.05, 0.1) is 16.3 Å². The lowest BCUT2D eigenvalue weighted by Crippen LogP contribution is -2.15. The Balaban J connectivity index is 1.41. The van der Waals surface area contributed by atoms with Crippen LogP contribution in [-0.4, -0.2) is 26.4 Å². The number of carbonyl (C=O) groups excluding carboxylic acids is 1. The van der Waals surface area contributed by atoms with Crippen LogP contribution in [0.1, 0.15) is 54.6 Å². The van der Waals surface area contributed by atoms with Crippen molar-refractivity contribution in [1.29, 1.82) is 5.26 Å². The molecule has 3 aromatic rings. The summed E-state index contributed by atoms with van der Waals surface area (Å²) in [6, 6.07) is 9.57. The average Bonchev–Trinajstić information content (AvgIpc) is 3.39. The number of benzene rings is 1. The minimum absolute atomic E-state index is 0.164. The van der Waals surface area contributed by atoms with E-state index in [4.69, 9.17) is 16.3 Å². The van der Waals surface area contributed by atoms with E-state index in [1.165, 1.54) is 28.0 Å². The maximum absolute atomic E-state index is 12.7. The number of anilines is 1. The molecule has 1 aliphatic rings. The third kappa shape index (κ3) is 5.18. The first-order chi connectivity index (χ1) is 16.0. The molecule has 1 aliphatic carbocycles. The number of carbonyl (C=O) groups is 1. The number of hydrogen-bond acceptors (Lipinski definition) is 7. The molecule has 0 saturated carbocycles. The van der Waals surface area contributed by atoms with Gasteiger partial charge in [-0.1, -0.05) is 35.5 Å². The van der Waals surface area contributed by atoms with Gasteiger partial charge in [-0.05, 0) is 57.2 Å². The Labute approximate surface area is 206 Å². The summed E-state index contributed by atoms with van der Waals surface area (Å²) in [6.45, 7) is 4.52. The van der Waals surface area contributed by atoms with Crippen LogP contribution in [0.5, 0.6) is 5.75 Å². The van der Waals surface area contributed by atoms with Crippen LogP contribution in [-0.2, 0) is 24.2 Å². The molecule has 0 bridgehead atoms. The van der Waals surface area contributed by atoms with Gasteiger partial charge < -0.3 is 14.6 Å². The molecule has 1 atom stereocenters. The Morgan fingerprint density at radius 3 is 2.91 bits per heavy atom. The largest absolute Gasteiger partial charge is 0.481 e. The molecule has 2 heterocycles. The lowest BCUT2D eigenvalue weighted by Gasteiger charge is -2.16. The van der Waals surface area contributed by atoms with Gasteiger partial charge >= 0.3 is 0 Å². The van der Waals surface area contributed by atoms with Crippen molar-refractivity contribution in [3.05, 3.63) is 51.1 Å². The molecular weight excluding hydrogens is 478 g/mol. The summed E-state index contributed by atoms with van der Waals surface area (Å²) in [5.41, 5.74) is 1.73. The summed E-state index contributed by atoms with van der Waals surface area (Å²) >= 11 is 9.05. The fourth-order valence-electron chi connectivity index (χ4n) is 3.85. The van der Waals surface area contributed by atoms with Crippen molar-refractivity contribution >= 4 is 45.6 Å². The van der Waals surface area contributed by atoms with Crippen LogP contribution in [0.4, 0.5) is 5.00 Å². The number of rotatable bonds is 8. The van der Waals surface area contributed by atoms with Crippen molar-refractivity contribution in [2.45, 2.75) is 57.3 Å². The van der Waals surface area contributed by atoms with Crippen LogP contribution in [0.2, 0.25) is 5.02 Å². The molecule has 0 fully saturated rings. The van der Waals surface area contributed by atoms with Gasteiger partial charge in [0.25, 0.3) is 0 Å². The number of nitrogens with zero attached hydrogens (tertiary/aromatic N) is 4. The van der Waals surface area contributed by atoms with Crippen molar-refractivity contribution in [3.63, 3.8) is 0 Å². The van der Waals surface area contributed by atoms with Gasteiger partial charge in [0, 0.05) is 11.4 Å². The van der Waals surface area contributed by atoms with Crippen molar-refractivity contribution in [3.8, 4) is 11.8 Å². The lowest BCUT2D eigenvalue weighted by molar-refractivity contribution is -0.113. The first-order valence-corrected chi connectivity index (χ1v) is 13.0. The molecule has 0 aliphatic heterocycles. The summed E-state index contributed by atoms with van der Waals surface area (Å²) < 4.78 is 7.92. The van der Waals surface area contributed by atoms with Gasteiger partial charge in [0.15, 0.2) is 17.1 Å². The van der Waals surface area contributed by atoms with Gasteiger partial charge in [-0.15, -0.1) is 21.5 Å². The maximum Gasteiger partial charge on any atom is 0.235 e. The van der Waals surface area contributed by atoms with Crippen LogP contribution in [0.15, 0.2) is 29.4 Å². The predicted molar refractivity (Wildman–Crippen MR) is 131 cm³/mol. The van der Waals surface area contributed by atoms with Gasteiger partial charge in [-0.3, -0.25) is 4.79 Å². The standard InChI is InChI=1S/C23H24ClN5O2S2/c1-3-29-21(14(2)31-18-10-6-5-9-17(18)24)27-28-23(29)32-13-20(30)26-22-16(12-25)15-8-4-7-11-19(15)33-22/h5-6,9-10,14H,3-4,7-8,11,13H2,1-2H3,(H,26,30). The molecule has 1 unspecified atom stereocenters. The van der Waals surface area contributed by atoms with Crippen LogP contribution in [0.25, 0.3) is 0 Å². The molecular formula is C23H24ClN5O2S2. The zero-order valence-electron chi connectivity index (χ0n) is 18.4. The van der Waals surface area contributed by atoms with Crippen molar-refractivity contribution < 1.29 is 9.53 Å². The summed E-state index contributed by atoms with van der Waals surface area (Å²) in [5, 5.41) is 22.9. The molecule has 172 valence electrons. The minimum atomic E-state index is -0.365.